The predicted molar refractivity (Wildman–Crippen MR) is 115 cm³/mol. The molecule has 1 aromatic carbocycles. The van der Waals surface area contributed by atoms with Gasteiger partial charge in [-0.3, -0.25) is 9.59 Å². The maximum Gasteiger partial charge on any atom is 0.253 e. The number of carbonyl (C=O) groups is 2. The van der Waals surface area contributed by atoms with Crippen molar-refractivity contribution in [1.29, 1.82) is 0 Å². The van der Waals surface area contributed by atoms with Gasteiger partial charge in [-0.1, -0.05) is 18.2 Å². The molecular formula is C22H23N3O4S. The Morgan fingerprint density at radius 1 is 1.23 bits per heavy atom. The molecule has 1 aliphatic rings. The molecule has 1 fully saturated rings. The van der Waals surface area contributed by atoms with Crippen molar-refractivity contribution in [3.8, 4) is 10.8 Å². The number of benzene rings is 1. The van der Waals surface area contributed by atoms with Crippen LogP contribution in [0.3, 0.4) is 0 Å². The van der Waals surface area contributed by atoms with E-state index in [4.69, 9.17) is 9.15 Å². The summed E-state index contributed by atoms with van der Waals surface area (Å²) in [6.45, 7) is 2.99. The van der Waals surface area contributed by atoms with Gasteiger partial charge >= 0.3 is 0 Å². The molecule has 2 N–H and O–H groups in total. The number of anilines is 1. The van der Waals surface area contributed by atoms with Gasteiger partial charge in [0.15, 0.2) is 0 Å². The van der Waals surface area contributed by atoms with E-state index in [0.717, 1.165) is 24.3 Å². The zero-order valence-electron chi connectivity index (χ0n) is 16.6. The highest BCUT2D eigenvalue weighted by Gasteiger charge is 2.20. The number of hydrogen-bond donors (Lipinski definition) is 2. The minimum Gasteiger partial charge on any atom is -0.440 e. The molecule has 0 aliphatic carbocycles. The molecule has 0 bridgehead atoms. The molecule has 3 aromatic rings. The lowest BCUT2D eigenvalue weighted by molar-refractivity contribution is -0.115. The average Bonchev–Trinajstić information content (AvgIpc) is 3.50. The Balaban J connectivity index is 1.40. The Bertz CT molecular complexity index is 1020. The van der Waals surface area contributed by atoms with Crippen LogP contribution in [0.2, 0.25) is 0 Å². The Hall–Kier alpha value is -2.97. The molecule has 156 valence electrons. The molecular weight excluding hydrogens is 402 g/mol. The Kier molecular flexibility index (Phi) is 6.25. The van der Waals surface area contributed by atoms with Crippen LogP contribution in [0, 0.1) is 6.92 Å². The van der Waals surface area contributed by atoms with Crippen molar-refractivity contribution >= 4 is 28.8 Å². The van der Waals surface area contributed by atoms with Crippen LogP contribution in [0.4, 0.5) is 5.69 Å². The van der Waals surface area contributed by atoms with Gasteiger partial charge in [-0.15, -0.1) is 11.3 Å². The smallest absolute Gasteiger partial charge is 0.253 e. The number of thiophene rings is 1. The number of oxazole rings is 1. The fraction of sp³-hybridized carbons (Fsp3) is 0.318. The minimum atomic E-state index is -0.261. The standard InChI is InChI=1S/C22H23N3O4S/c1-14-18(25-22(29-14)19-9-5-11-30-19)12-20(26)24-17-8-3-2-7-16(17)21(27)23-13-15-6-4-10-28-15/h2-3,5,7-9,11,15H,4,6,10,12-13H2,1H3,(H,23,27)(H,24,26). The highest BCUT2D eigenvalue weighted by Crippen LogP contribution is 2.26. The first-order valence-corrected chi connectivity index (χ1v) is 10.8. The van der Waals surface area contributed by atoms with Crippen LogP contribution in [-0.4, -0.2) is 36.1 Å². The Labute approximate surface area is 178 Å². The summed E-state index contributed by atoms with van der Waals surface area (Å²) >= 11 is 1.53. The van der Waals surface area contributed by atoms with Gasteiger partial charge in [-0.2, -0.15) is 0 Å². The molecule has 1 saturated heterocycles. The van der Waals surface area contributed by atoms with Gasteiger partial charge in [0, 0.05) is 13.2 Å². The van der Waals surface area contributed by atoms with Gasteiger partial charge in [-0.25, -0.2) is 4.98 Å². The molecule has 3 heterocycles. The normalized spacial score (nSPS) is 15.8. The van der Waals surface area contributed by atoms with Gasteiger partial charge in [0.05, 0.1) is 34.3 Å². The third kappa shape index (κ3) is 4.77. The van der Waals surface area contributed by atoms with Crippen LogP contribution in [0.25, 0.3) is 10.8 Å². The SMILES string of the molecule is Cc1oc(-c2cccs2)nc1CC(=O)Nc1ccccc1C(=O)NCC1CCCO1. The minimum absolute atomic E-state index is 0.0587. The summed E-state index contributed by atoms with van der Waals surface area (Å²) in [6, 6.07) is 10.8. The number of carbonyl (C=O) groups excluding carboxylic acids is 2. The number of para-hydroxylation sites is 1. The number of nitrogens with one attached hydrogen (secondary N) is 2. The van der Waals surface area contributed by atoms with Gasteiger partial charge in [0.25, 0.3) is 5.91 Å². The Morgan fingerprint density at radius 2 is 2.10 bits per heavy atom. The van der Waals surface area contributed by atoms with Crippen molar-refractivity contribution < 1.29 is 18.7 Å². The van der Waals surface area contributed by atoms with Crippen LogP contribution in [0.5, 0.6) is 0 Å². The van der Waals surface area contributed by atoms with Crippen LogP contribution >= 0.6 is 11.3 Å². The highest BCUT2D eigenvalue weighted by molar-refractivity contribution is 7.13. The first-order valence-electron chi connectivity index (χ1n) is 9.89. The summed E-state index contributed by atoms with van der Waals surface area (Å²) in [5.41, 5.74) is 1.46. The summed E-state index contributed by atoms with van der Waals surface area (Å²) in [5, 5.41) is 7.67. The lowest BCUT2D eigenvalue weighted by atomic mass is 10.1. The van der Waals surface area contributed by atoms with E-state index in [9.17, 15) is 9.59 Å². The van der Waals surface area contributed by atoms with Gasteiger partial charge < -0.3 is 19.8 Å². The number of hydrogen-bond acceptors (Lipinski definition) is 6. The summed E-state index contributed by atoms with van der Waals surface area (Å²) in [4.78, 5) is 30.6. The predicted octanol–water partition coefficient (Wildman–Crippen LogP) is 3.80. The number of amides is 2. The quantitative estimate of drug-likeness (QED) is 0.601. The number of rotatable bonds is 7. The van der Waals surface area contributed by atoms with E-state index >= 15 is 0 Å². The number of aromatic nitrogens is 1. The largest absolute Gasteiger partial charge is 0.440 e. The Morgan fingerprint density at radius 3 is 2.87 bits per heavy atom. The zero-order chi connectivity index (χ0) is 20.9. The van der Waals surface area contributed by atoms with Crippen molar-refractivity contribution in [2.45, 2.75) is 32.3 Å². The molecule has 4 rings (SSSR count). The highest BCUT2D eigenvalue weighted by atomic mass is 32.1. The molecule has 1 atom stereocenters. The number of nitrogens with zero attached hydrogens (tertiary/aromatic N) is 1. The summed E-state index contributed by atoms with van der Waals surface area (Å²) < 4.78 is 11.2. The molecule has 2 amide bonds. The molecule has 30 heavy (non-hydrogen) atoms. The molecule has 1 unspecified atom stereocenters. The van der Waals surface area contributed by atoms with E-state index in [2.05, 4.69) is 15.6 Å². The monoisotopic (exact) mass is 425 g/mol. The first kappa shape index (κ1) is 20.3. The van der Waals surface area contributed by atoms with Crippen molar-refractivity contribution in [3.05, 3.63) is 58.8 Å². The second-order valence-corrected chi connectivity index (χ2v) is 8.06. The van der Waals surface area contributed by atoms with E-state index in [0.29, 0.717) is 35.1 Å². The summed E-state index contributed by atoms with van der Waals surface area (Å²) in [6.07, 6.45) is 2.09. The summed E-state index contributed by atoms with van der Waals surface area (Å²) in [5.74, 6) is 0.623. The van der Waals surface area contributed by atoms with Crippen molar-refractivity contribution in [1.82, 2.24) is 10.3 Å². The maximum atomic E-state index is 12.6. The van der Waals surface area contributed by atoms with E-state index in [1.165, 1.54) is 11.3 Å². The fourth-order valence-corrected chi connectivity index (χ4v) is 3.99. The van der Waals surface area contributed by atoms with Gasteiger partial charge in [0.2, 0.25) is 11.8 Å². The second-order valence-electron chi connectivity index (χ2n) is 7.11. The summed E-state index contributed by atoms with van der Waals surface area (Å²) in [7, 11) is 0. The van der Waals surface area contributed by atoms with E-state index in [1.54, 1.807) is 31.2 Å². The molecule has 0 saturated carbocycles. The number of ether oxygens (including phenoxy) is 1. The van der Waals surface area contributed by atoms with Crippen LogP contribution in [0.1, 0.15) is 34.7 Å². The lowest BCUT2D eigenvalue weighted by Gasteiger charge is -2.13. The van der Waals surface area contributed by atoms with Crippen molar-refractivity contribution in [3.63, 3.8) is 0 Å². The van der Waals surface area contributed by atoms with E-state index < -0.39 is 0 Å². The molecule has 0 radical (unpaired) electrons. The molecule has 1 aliphatic heterocycles. The third-order valence-electron chi connectivity index (χ3n) is 4.91. The van der Waals surface area contributed by atoms with Crippen LogP contribution < -0.4 is 10.6 Å². The van der Waals surface area contributed by atoms with Crippen LogP contribution in [0.15, 0.2) is 46.2 Å². The van der Waals surface area contributed by atoms with E-state index in [-0.39, 0.29) is 24.3 Å². The molecule has 8 heteroatoms. The van der Waals surface area contributed by atoms with Gasteiger partial charge in [-0.05, 0) is 43.3 Å². The van der Waals surface area contributed by atoms with Crippen molar-refractivity contribution in [2.24, 2.45) is 0 Å². The molecule has 7 nitrogen and oxygen atoms in total. The fourth-order valence-electron chi connectivity index (χ4n) is 3.34. The topological polar surface area (TPSA) is 93.5 Å². The molecule has 0 spiro atoms. The maximum absolute atomic E-state index is 12.6. The molecule has 2 aromatic heterocycles. The van der Waals surface area contributed by atoms with Gasteiger partial charge in [0.1, 0.15) is 5.76 Å². The van der Waals surface area contributed by atoms with Crippen LogP contribution in [-0.2, 0) is 16.0 Å². The van der Waals surface area contributed by atoms with Crippen molar-refractivity contribution in [2.75, 3.05) is 18.5 Å². The zero-order valence-corrected chi connectivity index (χ0v) is 17.5. The first-order chi connectivity index (χ1) is 14.6. The third-order valence-corrected chi connectivity index (χ3v) is 5.77. The second kappa shape index (κ2) is 9.23. The number of aryl methyl sites for hydroxylation is 1. The average molecular weight is 426 g/mol. The van der Waals surface area contributed by atoms with E-state index in [1.807, 2.05) is 17.5 Å². The lowest BCUT2D eigenvalue weighted by Crippen LogP contribution is -2.32.